The highest BCUT2D eigenvalue weighted by Crippen LogP contribution is 2.30. The van der Waals surface area contributed by atoms with Gasteiger partial charge in [-0.25, -0.2) is 0 Å². The van der Waals surface area contributed by atoms with E-state index in [9.17, 15) is 4.79 Å². The van der Waals surface area contributed by atoms with Crippen molar-refractivity contribution in [3.63, 3.8) is 0 Å². The Balaban J connectivity index is 2.34. The van der Waals surface area contributed by atoms with Gasteiger partial charge >= 0.3 is 5.97 Å². The van der Waals surface area contributed by atoms with Gasteiger partial charge < -0.3 is 9.47 Å². The van der Waals surface area contributed by atoms with Gasteiger partial charge in [-0.05, 0) is 24.3 Å². The number of pyridine rings is 1. The molecule has 1 unspecified atom stereocenters. The van der Waals surface area contributed by atoms with Crippen molar-refractivity contribution in [1.29, 1.82) is 0 Å². The van der Waals surface area contributed by atoms with Gasteiger partial charge in [0.25, 0.3) is 0 Å². The van der Waals surface area contributed by atoms with E-state index in [1.165, 1.54) is 6.92 Å². The van der Waals surface area contributed by atoms with E-state index < -0.39 is 12.3 Å². The summed E-state index contributed by atoms with van der Waals surface area (Å²) in [7, 11) is 0. The number of carbonyl (C=O) groups is 1. The van der Waals surface area contributed by atoms with Crippen LogP contribution in [0.2, 0.25) is 5.02 Å². The van der Waals surface area contributed by atoms with Crippen LogP contribution in [0.3, 0.4) is 0 Å². The summed E-state index contributed by atoms with van der Waals surface area (Å²) in [6, 6.07) is 7.08. The standard InChI is InChI=1S/C13H12ClNO3/c1-8(16)17-9(2)18-12-6-5-11(14)10-4-3-7-15-13(10)12/h3-7,9H,1-2H3. The second-order valence-corrected chi connectivity index (χ2v) is 4.15. The maximum absolute atomic E-state index is 10.8. The molecule has 2 rings (SSSR count). The van der Waals surface area contributed by atoms with Crippen molar-refractivity contribution in [3.8, 4) is 5.75 Å². The Morgan fingerprint density at radius 3 is 2.89 bits per heavy atom. The van der Waals surface area contributed by atoms with Crippen LogP contribution in [-0.2, 0) is 9.53 Å². The molecular formula is C13H12ClNO3. The third-order valence-electron chi connectivity index (χ3n) is 2.30. The molecule has 0 saturated carbocycles. The summed E-state index contributed by atoms with van der Waals surface area (Å²) in [5, 5.41) is 1.40. The molecule has 0 aliphatic rings. The van der Waals surface area contributed by atoms with Gasteiger partial charge in [0.15, 0.2) is 0 Å². The zero-order chi connectivity index (χ0) is 13.1. The lowest BCUT2D eigenvalue weighted by Crippen LogP contribution is -2.19. The van der Waals surface area contributed by atoms with E-state index in [0.29, 0.717) is 16.3 Å². The highest BCUT2D eigenvalue weighted by Gasteiger charge is 2.11. The number of halogens is 1. The summed E-state index contributed by atoms with van der Waals surface area (Å²) >= 11 is 6.07. The number of carbonyl (C=O) groups excluding carboxylic acids is 1. The molecule has 18 heavy (non-hydrogen) atoms. The van der Waals surface area contributed by atoms with Gasteiger partial charge in [-0.3, -0.25) is 9.78 Å². The molecular weight excluding hydrogens is 254 g/mol. The Labute approximate surface area is 109 Å². The molecule has 0 saturated heterocycles. The molecule has 94 valence electrons. The van der Waals surface area contributed by atoms with Crippen molar-refractivity contribution in [2.45, 2.75) is 20.1 Å². The highest BCUT2D eigenvalue weighted by atomic mass is 35.5. The Kier molecular flexibility index (Phi) is 3.67. The predicted molar refractivity (Wildman–Crippen MR) is 68.6 cm³/mol. The Morgan fingerprint density at radius 2 is 2.17 bits per heavy atom. The minimum atomic E-state index is -0.672. The molecule has 0 radical (unpaired) electrons. The van der Waals surface area contributed by atoms with Crippen molar-refractivity contribution in [2.24, 2.45) is 0 Å². The monoisotopic (exact) mass is 265 g/mol. The molecule has 2 aromatic rings. The van der Waals surface area contributed by atoms with E-state index in [2.05, 4.69) is 4.98 Å². The van der Waals surface area contributed by atoms with Crippen LogP contribution in [0, 0.1) is 0 Å². The van der Waals surface area contributed by atoms with E-state index in [1.807, 2.05) is 6.07 Å². The summed E-state index contributed by atoms with van der Waals surface area (Å²) in [5.74, 6) is 0.137. The van der Waals surface area contributed by atoms with Gasteiger partial charge in [-0.15, -0.1) is 0 Å². The first-order valence-electron chi connectivity index (χ1n) is 5.45. The number of ether oxygens (including phenoxy) is 2. The maximum atomic E-state index is 10.8. The van der Waals surface area contributed by atoms with Crippen LogP contribution in [0.25, 0.3) is 10.9 Å². The van der Waals surface area contributed by atoms with E-state index in [4.69, 9.17) is 21.1 Å². The number of benzene rings is 1. The Bertz CT molecular complexity index is 585. The third-order valence-corrected chi connectivity index (χ3v) is 2.63. The second-order valence-electron chi connectivity index (χ2n) is 3.74. The number of hydrogen-bond donors (Lipinski definition) is 0. The lowest BCUT2D eigenvalue weighted by molar-refractivity contribution is -0.158. The average molecular weight is 266 g/mol. The molecule has 4 nitrogen and oxygen atoms in total. The largest absolute Gasteiger partial charge is 0.453 e. The first-order valence-corrected chi connectivity index (χ1v) is 5.83. The van der Waals surface area contributed by atoms with Crippen LogP contribution in [0.15, 0.2) is 30.5 Å². The highest BCUT2D eigenvalue weighted by molar-refractivity contribution is 6.35. The van der Waals surface area contributed by atoms with E-state index in [-0.39, 0.29) is 0 Å². The molecule has 1 heterocycles. The summed E-state index contributed by atoms with van der Waals surface area (Å²) in [6.07, 6.45) is 0.982. The summed E-state index contributed by atoms with van der Waals surface area (Å²) in [5.41, 5.74) is 0.643. The van der Waals surface area contributed by atoms with Gasteiger partial charge in [0.05, 0.1) is 5.02 Å². The first kappa shape index (κ1) is 12.6. The van der Waals surface area contributed by atoms with Crippen LogP contribution in [0.1, 0.15) is 13.8 Å². The minimum absolute atomic E-state index is 0.395. The maximum Gasteiger partial charge on any atom is 0.305 e. The van der Waals surface area contributed by atoms with Crippen LogP contribution in [-0.4, -0.2) is 17.2 Å². The lowest BCUT2D eigenvalue weighted by atomic mass is 10.2. The molecule has 1 atom stereocenters. The Morgan fingerprint density at radius 1 is 1.39 bits per heavy atom. The van der Waals surface area contributed by atoms with Crippen molar-refractivity contribution in [2.75, 3.05) is 0 Å². The molecule has 0 fully saturated rings. The fourth-order valence-corrected chi connectivity index (χ4v) is 1.86. The normalized spacial score (nSPS) is 12.2. The summed E-state index contributed by atoms with van der Waals surface area (Å²) in [4.78, 5) is 15.0. The lowest BCUT2D eigenvalue weighted by Gasteiger charge is -2.15. The fraction of sp³-hybridized carbons (Fsp3) is 0.231. The molecule has 5 heteroatoms. The van der Waals surface area contributed by atoms with Crippen LogP contribution >= 0.6 is 11.6 Å². The number of hydrogen-bond acceptors (Lipinski definition) is 4. The van der Waals surface area contributed by atoms with Gasteiger partial charge in [0.1, 0.15) is 11.3 Å². The van der Waals surface area contributed by atoms with Crippen molar-refractivity contribution < 1.29 is 14.3 Å². The quantitative estimate of drug-likeness (QED) is 0.632. The second kappa shape index (κ2) is 5.23. The summed E-state index contributed by atoms with van der Waals surface area (Å²) in [6.45, 7) is 2.98. The minimum Gasteiger partial charge on any atom is -0.453 e. The number of rotatable bonds is 3. The van der Waals surface area contributed by atoms with Gasteiger partial charge in [-0.1, -0.05) is 11.6 Å². The van der Waals surface area contributed by atoms with E-state index in [1.54, 1.807) is 31.3 Å². The van der Waals surface area contributed by atoms with Crippen LogP contribution in [0.5, 0.6) is 5.75 Å². The van der Waals surface area contributed by atoms with Gasteiger partial charge in [0.2, 0.25) is 6.29 Å². The van der Waals surface area contributed by atoms with Crippen molar-refractivity contribution in [1.82, 2.24) is 4.98 Å². The molecule has 1 aromatic carbocycles. The zero-order valence-corrected chi connectivity index (χ0v) is 10.8. The molecule has 0 aliphatic carbocycles. The van der Waals surface area contributed by atoms with E-state index in [0.717, 1.165) is 5.39 Å². The van der Waals surface area contributed by atoms with Gasteiger partial charge in [0, 0.05) is 25.4 Å². The topological polar surface area (TPSA) is 48.4 Å². The molecule has 1 aromatic heterocycles. The smallest absolute Gasteiger partial charge is 0.305 e. The van der Waals surface area contributed by atoms with Crippen LogP contribution < -0.4 is 4.74 Å². The third kappa shape index (κ3) is 2.71. The van der Waals surface area contributed by atoms with Crippen molar-refractivity contribution in [3.05, 3.63) is 35.5 Å². The van der Waals surface area contributed by atoms with Crippen molar-refractivity contribution >= 4 is 28.5 Å². The molecule has 0 spiro atoms. The Hall–Kier alpha value is -1.81. The molecule has 0 aliphatic heterocycles. The van der Waals surface area contributed by atoms with Crippen LogP contribution in [0.4, 0.5) is 0 Å². The fourth-order valence-electron chi connectivity index (χ4n) is 1.64. The predicted octanol–water partition coefficient (Wildman–Crippen LogP) is 3.18. The van der Waals surface area contributed by atoms with E-state index >= 15 is 0 Å². The average Bonchev–Trinajstić information content (AvgIpc) is 2.32. The molecule has 0 N–H and O–H groups in total. The number of nitrogens with zero attached hydrogens (tertiary/aromatic N) is 1. The zero-order valence-electron chi connectivity index (χ0n) is 10.0. The molecule has 0 amide bonds. The number of fused-ring (bicyclic) bond motifs is 1. The SMILES string of the molecule is CC(=O)OC(C)Oc1ccc(Cl)c2cccnc12. The number of esters is 1. The van der Waals surface area contributed by atoms with Gasteiger partial charge in [-0.2, -0.15) is 0 Å². The molecule has 0 bridgehead atoms. The first-order chi connectivity index (χ1) is 8.58. The summed E-state index contributed by atoms with van der Waals surface area (Å²) < 4.78 is 10.4. The number of aromatic nitrogens is 1.